The second kappa shape index (κ2) is 3.43. The summed E-state index contributed by atoms with van der Waals surface area (Å²) in [5, 5.41) is 0. The molecule has 2 rings (SSSR count). The number of ether oxygens (including phenoxy) is 3. The maximum Gasteiger partial charge on any atom is 0.346 e. The number of fused-ring (bicyclic) bond motifs is 2. The first kappa shape index (κ1) is 10.3. The Morgan fingerprint density at radius 2 is 2.47 bits per heavy atom. The van der Waals surface area contributed by atoms with Crippen LogP contribution in [0.25, 0.3) is 0 Å². The molecule has 2 bridgehead atoms. The van der Waals surface area contributed by atoms with Gasteiger partial charge in [0.15, 0.2) is 12.1 Å². The topological polar surface area (TPSA) is 61.8 Å². The summed E-state index contributed by atoms with van der Waals surface area (Å²) in [6, 6.07) is 0. The molecule has 0 radical (unpaired) electrons. The van der Waals surface area contributed by atoms with Crippen LogP contribution in [0.2, 0.25) is 0 Å². The molecule has 0 saturated carbocycles. The van der Waals surface area contributed by atoms with Gasteiger partial charge < -0.3 is 14.2 Å². The first-order valence-corrected chi connectivity index (χ1v) is 4.69. The van der Waals surface area contributed by atoms with Gasteiger partial charge in [0, 0.05) is 5.92 Å². The smallest absolute Gasteiger partial charge is 0.346 e. The zero-order chi connectivity index (χ0) is 11.1. The van der Waals surface area contributed by atoms with Gasteiger partial charge in [-0.2, -0.15) is 0 Å². The van der Waals surface area contributed by atoms with Gasteiger partial charge in [-0.15, -0.1) is 6.58 Å². The maximum atomic E-state index is 11.8. The Morgan fingerprint density at radius 3 is 3.07 bits per heavy atom. The van der Waals surface area contributed by atoms with Crippen molar-refractivity contribution in [3.63, 3.8) is 0 Å². The lowest BCUT2D eigenvalue weighted by molar-refractivity contribution is -0.237. The lowest BCUT2D eigenvalue weighted by Crippen LogP contribution is -2.55. The van der Waals surface area contributed by atoms with Gasteiger partial charge in [0.05, 0.1) is 20.1 Å². The largest absolute Gasteiger partial charge is 0.467 e. The Morgan fingerprint density at radius 1 is 1.73 bits per heavy atom. The minimum absolute atomic E-state index is 0.0967. The van der Waals surface area contributed by atoms with E-state index in [4.69, 9.17) is 9.47 Å². The van der Waals surface area contributed by atoms with Gasteiger partial charge in [0.2, 0.25) is 5.60 Å². The zero-order valence-corrected chi connectivity index (χ0v) is 8.39. The predicted molar refractivity (Wildman–Crippen MR) is 48.9 cm³/mol. The van der Waals surface area contributed by atoms with Crippen molar-refractivity contribution in [1.82, 2.24) is 0 Å². The third-order valence-corrected chi connectivity index (χ3v) is 2.84. The van der Waals surface area contributed by atoms with E-state index < -0.39 is 23.8 Å². The van der Waals surface area contributed by atoms with Crippen LogP contribution in [-0.2, 0) is 23.8 Å². The van der Waals surface area contributed by atoms with E-state index in [0.29, 0.717) is 0 Å². The van der Waals surface area contributed by atoms with Crippen molar-refractivity contribution < 1.29 is 23.8 Å². The lowest BCUT2D eigenvalue weighted by Gasteiger charge is -2.34. The first-order valence-electron chi connectivity index (χ1n) is 4.69. The molecule has 2 heterocycles. The molecule has 2 fully saturated rings. The van der Waals surface area contributed by atoms with Gasteiger partial charge >= 0.3 is 5.97 Å². The highest BCUT2D eigenvalue weighted by Gasteiger charge is 2.62. The fourth-order valence-corrected chi connectivity index (χ4v) is 2.03. The van der Waals surface area contributed by atoms with Crippen molar-refractivity contribution in [3.8, 4) is 0 Å². The fourth-order valence-electron chi connectivity index (χ4n) is 2.03. The van der Waals surface area contributed by atoms with Gasteiger partial charge in [0.1, 0.15) is 0 Å². The van der Waals surface area contributed by atoms with Gasteiger partial charge in [-0.25, -0.2) is 4.79 Å². The van der Waals surface area contributed by atoms with Crippen molar-refractivity contribution in [3.05, 3.63) is 12.7 Å². The Kier molecular flexibility index (Phi) is 2.36. The summed E-state index contributed by atoms with van der Waals surface area (Å²) in [7, 11) is 1.23. The minimum Gasteiger partial charge on any atom is -0.467 e. The van der Waals surface area contributed by atoms with E-state index in [-0.39, 0.29) is 18.8 Å². The standard InChI is InChI=1S/C10H12O5/c1-3-6-5-14-8-4-7(11)10(6,15-8)9(12)13-2/h3,6,8H,1,4-5H2,2H3. The average Bonchev–Trinajstić information content (AvgIpc) is 2.52. The van der Waals surface area contributed by atoms with Crippen molar-refractivity contribution >= 4 is 11.8 Å². The van der Waals surface area contributed by atoms with E-state index in [9.17, 15) is 9.59 Å². The van der Waals surface area contributed by atoms with E-state index in [1.165, 1.54) is 13.2 Å². The normalized spacial score (nSPS) is 38.9. The van der Waals surface area contributed by atoms with Crippen LogP contribution in [0.1, 0.15) is 6.42 Å². The van der Waals surface area contributed by atoms with Crippen LogP contribution in [0.5, 0.6) is 0 Å². The summed E-state index contributed by atoms with van der Waals surface area (Å²) < 4.78 is 15.2. The molecule has 5 nitrogen and oxygen atoms in total. The van der Waals surface area contributed by atoms with Crippen LogP contribution < -0.4 is 0 Å². The molecule has 0 spiro atoms. The number of rotatable bonds is 2. The SMILES string of the molecule is C=CC1COC2CC(=O)C1(C(=O)OC)O2. The summed E-state index contributed by atoms with van der Waals surface area (Å²) in [6.45, 7) is 3.84. The number of hydrogen-bond donors (Lipinski definition) is 0. The Bertz CT molecular complexity index is 314. The van der Waals surface area contributed by atoms with Crippen LogP contribution >= 0.6 is 0 Å². The molecular weight excluding hydrogens is 200 g/mol. The molecule has 0 N–H and O–H groups in total. The number of esters is 1. The molecule has 0 aromatic rings. The molecule has 2 aliphatic heterocycles. The fraction of sp³-hybridized carbons (Fsp3) is 0.600. The molecule has 0 aromatic heterocycles. The second-order valence-electron chi connectivity index (χ2n) is 3.58. The first-order chi connectivity index (χ1) is 7.15. The summed E-state index contributed by atoms with van der Waals surface area (Å²) in [6.07, 6.45) is 0.975. The summed E-state index contributed by atoms with van der Waals surface area (Å²) in [5.41, 5.74) is -1.51. The zero-order valence-electron chi connectivity index (χ0n) is 8.39. The van der Waals surface area contributed by atoms with Crippen LogP contribution in [0.15, 0.2) is 12.7 Å². The van der Waals surface area contributed by atoms with Crippen molar-refractivity contribution in [2.24, 2.45) is 5.92 Å². The lowest BCUT2D eigenvalue weighted by atomic mass is 9.84. The van der Waals surface area contributed by atoms with Crippen LogP contribution in [-0.4, -0.2) is 37.4 Å². The third kappa shape index (κ3) is 1.23. The Balaban J connectivity index is 2.41. The maximum absolute atomic E-state index is 11.8. The van der Waals surface area contributed by atoms with E-state index in [1.54, 1.807) is 0 Å². The summed E-state index contributed by atoms with van der Waals surface area (Å²) >= 11 is 0. The van der Waals surface area contributed by atoms with E-state index >= 15 is 0 Å². The molecule has 5 heteroatoms. The molecule has 15 heavy (non-hydrogen) atoms. The molecule has 82 valence electrons. The van der Waals surface area contributed by atoms with Gasteiger partial charge in [-0.05, 0) is 0 Å². The van der Waals surface area contributed by atoms with E-state index in [2.05, 4.69) is 11.3 Å². The van der Waals surface area contributed by atoms with Crippen molar-refractivity contribution in [2.45, 2.75) is 18.3 Å². The highest BCUT2D eigenvalue weighted by atomic mass is 16.7. The second-order valence-corrected chi connectivity index (χ2v) is 3.58. The van der Waals surface area contributed by atoms with E-state index in [0.717, 1.165) is 0 Å². The quantitative estimate of drug-likeness (QED) is 0.367. The van der Waals surface area contributed by atoms with Gasteiger partial charge in [-0.3, -0.25) is 4.79 Å². The predicted octanol–water partition coefficient (Wildman–Crippen LogP) is 0.0461. The Labute approximate surface area is 87.0 Å². The van der Waals surface area contributed by atoms with E-state index in [1.807, 2.05) is 0 Å². The van der Waals surface area contributed by atoms with Crippen molar-refractivity contribution in [2.75, 3.05) is 13.7 Å². The number of carbonyl (C=O) groups excluding carboxylic acids is 2. The molecular formula is C10H12O5. The number of hydrogen-bond acceptors (Lipinski definition) is 5. The Hall–Kier alpha value is -1.20. The molecule has 2 saturated heterocycles. The van der Waals surface area contributed by atoms with Crippen LogP contribution in [0.3, 0.4) is 0 Å². The molecule has 0 aromatic carbocycles. The third-order valence-electron chi connectivity index (χ3n) is 2.84. The van der Waals surface area contributed by atoms with Gasteiger partial charge in [-0.1, -0.05) is 6.08 Å². The number of carbonyl (C=O) groups is 2. The molecule has 2 aliphatic rings. The number of Topliss-reactive ketones (excluding diaryl/α,β-unsaturated/α-hetero) is 1. The molecule has 3 atom stereocenters. The average molecular weight is 212 g/mol. The number of ketones is 1. The molecule has 0 amide bonds. The van der Waals surface area contributed by atoms with Gasteiger partial charge in [0.25, 0.3) is 0 Å². The summed E-state index contributed by atoms with van der Waals surface area (Å²) in [4.78, 5) is 23.4. The van der Waals surface area contributed by atoms with Crippen molar-refractivity contribution in [1.29, 1.82) is 0 Å². The minimum atomic E-state index is -1.51. The highest BCUT2D eigenvalue weighted by Crippen LogP contribution is 2.40. The monoisotopic (exact) mass is 212 g/mol. The number of methoxy groups -OCH3 is 1. The molecule has 0 aliphatic carbocycles. The molecule has 3 unspecified atom stereocenters. The van der Waals surface area contributed by atoms with Crippen LogP contribution in [0.4, 0.5) is 0 Å². The van der Waals surface area contributed by atoms with Crippen LogP contribution in [0, 0.1) is 5.92 Å². The highest BCUT2D eigenvalue weighted by molar-refractivity contribution is 6.09. The summed E-state index contributed by atoms with van der Waals surface area (Å²) in [5.74, 6) is -1.43.